The molecule has 0 saturated carbocycles. The van der Waals surface area contributed by atoms with Gasteiger partial charge in [-0.3, -0.25) is 9.55 Å². The number of hydrogen-bond donors (Lipinski definition) is 2. The van der Waals surface area contributed by atoms with E-state index in [-0.39, 0.29) is 17.8 Å². The molecular formula is C16H23N5O2. The Kier molecular flexibility index (Phi) is 3.82. The molecule has 2 aromatic rings. The molecule has 2 saturated heterocycles. The van der Waals surface area contributed by atoms with Gasteiger partial charge in [0.25, 0.3) is 0 Å². The van der Waals surface area contributed by atoms with Crippen molar-refractivity contribution >= 4 is 11.2 Å². The molecule has 2 N–H and O–H groups in total. The summed E-state index contributed by atoms with van der Waals surface area (Å²) in [5, 5.41) is 3.34. The highest BCUT2D eigenvalue weighted by molar-refractivity contribution is 5.72. The molecule has 1 atom stereocenters. The normalized spacial score (nSPS) is 23.6. The zero-order valence-corrected chi connectivity index (χ0v) is 13.4. The second kappa shape index (κ2) is 5.98. The fourth-order valence-corrected chi connectivity index (χ4v) is 3.66. The van der Waals surface area contributed by atoms with Crippen LogP contribution in [0.15, 0.2) is 17.1 Å². The minimum absolute atomic E-state index is 0.0721. The minimum Gasteiger partial charge on any atom is -0.487 e. The quantitative estimate of drug-likeness (QED) is 0.873. The molecular weight excluding hydrogens is 294 g/mol. The monoisotopic (exact) mass is 317 g/mol. The zero-order chi connectivity index (χ0) is 15.8. The summed E-state index contributed by atoms with van der Waals surface area (Å²) in [6.07, 6.45) is 4.88. The molecule has 0 aromatic carbocycles. The largest absolute Gasteiger partial charge is 0.487 e. The van der Waals surface area contributed by atoms with Crippen molar-refractivity contribution in [1.82, 2.24) is 24.8 Å². The first-order valence-corrected chi connectivity index (χ1v) is 8.37. The molecule has 0 aliphatic carbocycles. The molecule has 2 aliphatic rings. The third kappa shape index (κ3) is 2.86. The van der Waals surface area contributed by atoms with Crippen LogP contribution in [0, 0.1) is 0 Å². The third-order valence-electron chi connectivity index (χ3n) is 4.87. The highest BCUT2D eigenvalue weighted by atomic mass is 16.5. The summed E-state index contributed by atoms with van der Waals surface area (Å²) < 4.78 is 7.92. The van der Waals surface area contributed by atoms with Crippen LogP contribution >= 0.6 is 0 Å². The van der Waals surface area contributed by atoms with E-state index in [1.165, 1.54) is 0 Å². The van der Waals surface area contributed by atoms with E-state index in [0.29, 0.717) is 5.65 Å². The predicted molar refractivity (Wildman–Crippen MR) is 88.0 cm³/mol. The fourth-order valence-electron chi connectivity index (χ4n) is 3.66. The molecule has 2 aromatic heterocycles. The summed E-state index contributed by atoms with van der Waals surface area (Å²) in [6.45, 7) is 3.89. The maximum absolute atomic E-state index is 12.3. The number of nitrogens with one attached hydrogen (secondary N) is 2. The molecule has 7 nitrogen and oxygen atoms in total. The average Bonchev–Trinajstić information content (AvgIpc) is 3.10. The zero-order valence-electron chi connectivity index (χ0n) is 13.4. The van der Waals surface area contributed by atoms with Gasteiger partial charge in [-0.05, 0) is 39.4 Å². The summed E-state index contributed by atoms with van der Waals surface area (Å²) in [7, 11) is 2.10. The van der Waals surface area contributed by atoms with Crippen LogP contribution in [-0.2, 0) is 0 Å². The van der Waals surface area contributed by atoms with Crippen molar-refractivity contribution in [2.75, 3.05) is 33.2 Å². The number of aromatic nitrogens is 3. The topological polar surface area (TPSA) is 75.2 Å². The molecule has 4 heterocycles. The van der Waals surface area contributed by atoms with Crippen LogP contribution in [0.4, 0.5) is 0 Å². The second-order valence-corrected chi connectivity index (χ2v) is 6.61. The summed E-state index contributed by atoms with van der Waals surface area (Å²) in [5.41, 5.74) is 1.42. The number of likely N-dealkylation sites (N-methyl/N-ethyl adjacent to an activating group) is 1. The Labute approximate surface area is 134 Å². The Hall–Kier alpha value is -1.86. The van der Waals surface area contributed by atoms with Gasteiger partial charge in [-0.25, -0.2) is 9.78 Å². The molecule has 0 spiro atoms. The highest BCUT2D eigenvalue weighted by Crippen LogP contribution is 2.25. The lowest BCUT2D eigenvalue weighted by molar-refractivity contribution is 0.207. The molecule has 7 heteroatoms. The second-order valence-electron chi connectivity index (χ2n) is 6.61. The Balaban J connectivity index is 1.65. The maximum Gasteiger partial charge on any atom is 0.327 e. The number of rotatable bonds is 3. The number of ether oxygens (including phenoxy) is 1. The molecule has 1 unspecified atom stereocenters. The van der Waals surface area contributed by atoms with Crippen molar-refractivity contribution < 1.29 is 4.74 Å². The van der Waals surface area contributed by atoms with Crippen LogP contribution in [-0.4, -0.2) is 58.8 Å². The standard InChI is InChI=1S/C16H23N5O2/c1-20-7-4-12(10-20)23-13-8-14-15(18-9-13)19-16(22)21(14)11-2-5-17-6-3-11/h8-9,11-12,17H,2-7,10H2,1H3,(H,18,19,22). The van der Waals surface area contributed by atoms with Gasteiger partial charge in [0.1, 0.15) is 11.9 Å². The number of hydrogen-bond acceptors (Lipinski definition) is 5. The number of H-pyrrole nitrogens is 1. The van der Waals surface area contributed by atoms with E-state index < -0.39 is 0 Å². The van der Waals surface area contributed by atoms with E-state index in [1.807, 2.05) is 10.6 Å². The summed E-state index contributed by atoms with van der Waals surface area (Å²) in [5.74, 6) is 0.750. The molecule has 2 fully saturated rings. The van der Waals surface area contributed by atoms with Gasteiger partial charge >= 0.3 is 5.69 Å². The Morgan fingerprint density at radius 2 is 2.13 bits per heavy atom. The van der Waals surface area contributed by atoms with Gasteiger partial charge in [0, 0.05) is 25.2 Å². The molecule has 4 rings (SSSR count). The maximum atomic E-state index is 12.3. The van der Waals surface area contributed by atoms with Gasteiger partial charge in [-0.1, -0.05) is 0 Å². The number of likely N-dealkylation sites (tertiary alicyclic amines) is 1. The van der Waals surface area contributed by atoms with Gasteiger partial charge in [-0.2, -0.15) is 0 Å². The first-order chi connectivity index (χ1) is 11.2. The van der Waals surface area contributed by atoms with Gasteiger partial charge < -0.3 is 15.0 Å². The smallest absolute Gasteiger partial charge is 0.327 e. The van der Waals surface area contributed by atoms with Crippen molar-refractivity contribution in [3.8, 4) is 5.75 Å². The van der Waals surface area contributed by atoms with Crippen LogP contribution in [0.3, 0.4) is 0 Å². The van der Waals surface area contributed by atoms with Gasteiger partial charge in [0.15, 0.2) is 5.65 Å². The van der Waals surface area contributed by atoms with Crippen molar-refractivity contribution in [1.29, 1.82) is 0 Å². The van der Waals surface area contributed by atoms with Crippen molar-refractivity contribution in [2.45, 2.75) is 31.4 Å². The van der Waals surface area contributed by atoms with E-state index >= 15 is 0 Å². The lowest BCUT2D eigenvalue weighted by atomic mass is 10.1. The van der Waals surface area contributed by atoms with Crippen LogP contribution < -0.4 is 15.7 Å². The lowest BCUT2D eigenvalue weighted by Gasteiger charge is -2.23. The lowest BCUT2D eigenvalue weighted by Crippen LogP contribution is -2.33. The summed E-state index contributed by atoms with van der Waals surface area (Å²) in [6, 6.07) is 2.19. The molecule has 0 bridgehead atoms. The first kappa shape index (κ1) is 14.7. The molecule has 124 valence electrons. The molecule has 2 aliphatic heterocycles. The average molecular weight is 317 g/mol. The number of nitrogens with zero attached hydrogens (tertiary/aromatic N) is 3. The predicted octanol–water partition coefficient (Wildman–Crippen LogP) is 0.732. The van der Waals surface area contributed by atoms with Gasteiger partial charge in [0.05, 0.1) is 11.7 Å². The third-order valence-corrected chi connectivity index (χ3v) is 4.87. The van der Waals surface area contributed by atoms with E-state index in [4.69, 9.17) is 4.74 Å². The van der Waals surface area contributed by atoms with Crippen LogP contribution in [0.25, 0.3) is 11.2 Å². The first-order valence-electron chi connectivity index (χ1n) is 8.37. The fraction of sp³-hybridized carbons (Fsp3) is 0.625. The molecule has 23 heavy (non-hydrogen) atoms. The van der Waals surface area contributed by atoms with E-state index in [2.05, 4.69) is 27.2 Å². The summed E-state index contributed by atoms with van der Waals surface area (Å²) >= 11 is 0. The van der Waals surface area contributed by atoms with Crippen LogP contribution in [0.2, 0.25) is 0 Å². The van der Waals surface area contributed by atoms with E-state index in [1.54, 1.807) is 6.20 Å². The van der Waals surface area contributed by atoms with Crippen molar-refractivity contribution in [3.63, 3.8) is 0 Å². The number of pyridine rings is 1. The number of fused-ring (bicyclic) bond motifs is 1. The van der Waals surface area contributed by atoms with Crippen molar-refractivity contribution in [2.24, 2.45) is 0 Å². The van der Waals surface area contributed by atoms with Crippen molar-refractivity contribution in [3.05, 3.63) is 22.7 Å². The Morgan fingerprint density at radius 1 is 1.30 bits per heavy atom. The van der Waals surface area contributed by atoms with Crippen LogP contribution in [0.1, 0.15) is 25.3 Å². The highest BCUT2D eigenvalue weighted by Gasteiger charge is 2.23. The van der Waals surface area contributed by atoms with E-state index in [0.717, 1.165) is 56.7 Å². The molecule has 0 amide bonds. The summed E-state index contributed by atoms with van der Waals surface area (Å²) in [4.78, 5) is 21.9. The SMILES string of the molecule is CN1CCC(Oc2cnc3[nH]c(=O)n(C4CCNCC4)c3c2)C1. The number of piperidine rings is 1. The Bertz CT molecular complexity index is 746. The van der Waals surface area contributed by atoms with Gasteiger partial charge in [0.2, 0.25) is 0 Å². The number of imidazole rings is 1. The van der Waals surface area contributed by atoms with E-state index in [9.17, 15) is 4.79 Å². The Morgan fingerprint density at radius 3 is 2.87 bits per heavy atom. The van der Waals surface area contributed by atoms with Crippen LogP contribution in [0.5, 0.6) is 5.75 Å². The number of aromatic amines is 1. The molecule has 0 radical (unpaired) electrons. The minimum atomic E-state index is -0.0721. The van der Waals surface area contributed by atoms with Gasteiger partial charge in [-0.15, -0.1) is 0 Å².